The minimum Gasteiger partial charge on any atom is -0.334 e. The van der Waals surface area contributed by atoms with Gasteiger partial charge in [0.05, 0.1) is 6.04 Å². The van der Waals surface area contributed by atoms with Gasteiger partial charge in [0.1, 0.15) is 0 Å². The van der Waals surface area contributed by atoms with Crippen LogP contribution in [0.4, 0.5) is 10.5 Å². The van der Waals surface area contributed by atoms with Gasteiger partial charge in [-0.3, -0.25) is 4.98 Å². The molecule has 1 saturated heterocycles. The molecular weight excluding hydrogens is 354 g/mol. The number of nitrogens with zero attached hydrogens (tertiary/aromatic N) is 4. The van der Waals surface area contributed by atoms with Crippen molar-refractivity contribution < 1.29 is 9.32 Å². The summed E-state index contributed by atoms with van der Waals surface area (Å²) in [6.07, 6.45) is 7.41. The topological polar surface area (TPSA) is 84.2 Å². The van der Waals surface area contributed by atoms with E-state index < -0.39 is 0 Å². The second-order valence-electron chi connectivity index (χ2n) is 6.87. The van der Waals surface area contributed by atoms with Gasteiger partial charge in [-0.1, -0.05) is 18.1 Å². The molecule has 0 saturated carbocycles. The lowest BCUT2D eigenvalue weighted by molar-refractivity contribution is 0.163. The van der Waals surface area contributed by atoms with E-state index in [1.165, 1.54) is 0 Å². The van der Waals surface area contributed by atoms with E-state index in [9.17, 15) is 4.79 Å². The Bertz CT molecular complexity index is 923. The standard InChI is InChI=1S/C21H23N5O2/c1-2-19-24-20(28-25-19)15-8-10-17(11-9-15)23-21(27)26-13-4-3-7-18(26)16-6-5-12-22-14-16/h5-6,8-12,14,18H,2-4,7,13H2,1H3,(H,23,27)/t18-/m1/s1. The van der Waals surface area contributed by atoms with Gasteiger partial charge in [0.2, 0.25) is 0 Å². The molecule has 0 bridgehead atoms. The number of carbonyl (C=O) groups is 1. The number of aryl methyl sites for hydroxylation is 1. The zero-order chi connectivity index (χ0) is 19.3. The lowest BCUT2D eigenvalue weighted by Crippen LogP contribution is -2.41. The van der Waals surface area contributed by atoms with Crippen LogP contribution in [-0.2, 0) is 6.42 Å². The Hall–Kier alpha value is -3.22. The molecule has 0 aliphatic carbocycles. The summed E-state index contributed by atoms with van der Waals surface area (Å²) in [6.45, 7) is 2.72. The van der Waals surface area contributed by atoms with Crippen LogP contribution in [-0.4, -0.2) is 32.6 Å². The predicted molar refractivity (Wildman–Crippen MR) is 106 cm³/mol. The maximum Gasteiger partial charge on any atom is 0.322 e. The normalized spacial score (nSPS) is 16.8. The van der Waals surface area contributed by atoms with Crippen molar-refractivity contribution in [2.45, 2.75) is 38.6 Å². The first-order chi connectivity index (χ1) is 13.7. The molecule has 1 fully saturated rings. The Morgan fingerprint density at radius 3 is 2.82 bits per heavy atom. The Balaban J connectivity index is 1.46. The van der Waals surface area contributed by atoms with Crippen LogP contribution in [0.2, 0.25) is 0 Å². The number of nitrogens with one attached hydrogen (secondary N) is 1. The molecule has 0 unspecified atom stereocenters. The Labute approximate surface area is 163 Å². The number of hydrogen-bond donors (Lipinski definition) is 1. The summed E-state index contributed by atoms with van der Waals surface area (Å²) in [7, 11) is 0. The van der Waals surface area contributed by atoms with Crippen LogP contribution in [0.5, 0.6) is 0 Å². The highest BCUT2D eigenvalue weighted by molar-refractivity contribution is 5.90. The van der Waals surface area contributed by atoms with Crippen molar-refractivity contribution in [3.05, 3.63) is 60.2 Å². The van der Waals surface area contributed by atoms with E-state index in [4.69, 9.17) is 4.52 Å². The number of aromatic nitrogens is 3. The SMILES string of the molecule is CCc1noc(-c2ccc(NC(=O)N3CCCC[C@@H]3c3cccnc3)cc2)n1. The highest BCUT2D eigenvalue weighted by atomic mass is 16.5. The molecule has 0 spiro atoms. The minimum absolute atomic E-state index is 0.0626. The molecule has 7 heteroatoms. The van der Waals surface area contributed by atoms with E-state index in [0.717, 1.165) is 49.0 Å². The Kier molecular flexibility index (Phi) is 5.32. The summed E-state index contributed by atoms with van der Waals surface area (Å²) in [4.78, 5) is 23.3. The van der Waals surface area contributed by atoms with Crippen LogP contribution in [0.3, 0.4) is 0 Å². The van der Waals surface area contributed by atoms with Crippen LogP contribution in [0, 0.1) is 0 Å². The number of rotatable bonds is 4. The van der Waals surface area contributed by atoms with E-state index in [1.54, 1.807) is 6.20 Å². The number of anilines is 1. The van der Waals surface area contributed by atoms with E-state index in [0.29, 0.717) is 11.7 Å². The zero-order valence-corrected chi connectivity index (χ0v) is 15.8. The van der Waals surface area contributed by atoms with Gasteiger partial charge < -0.3 is 14.7 Å². The van der Waals surface area contributed by atoms with Gasteiger partial charge in [-0.2, -0.15) is 4.98 Å². The van der Waals surface area contributed by atoms with Crippen molar-refractivity contribution in [1.82, 2.24) is 20.0 Å². The molecule has 1 atom stereocenters. The minimum atomic E-state index is -0.0904. The fraction of sp³-hybridized carbons (Fsp3) is 0.333. The van der Waals surface area contributed by atoms with Crippen molar-refractivity contribution in [3.8, 4) is 11.5 Å². The third kappa shape index (κ3) is 3.88. The molecule has 3 heterocycles. The molecule has 2 amide bonds. The van der Waals surface area contributed by atoms with E-state index in [1.807, 2.05) is 54.4 Å². The number of urea groups is 1. The van der Waals surface area contributed by atoms with Crippen LogP contribution < -0.4 is 5.32 Å². The summed E-state index contributed by atoms with van der Waals surface area (Å²) in [5.41, 5.74) is 2.65. The Morgan fingerprint density at radius 1 is 1.25 bits per heavy atom. The quantitative estimate of drug-likeness (QED) is 0.726. The van der Waals surface area contributed by atoms with Crippen molar-refractivity contribution in [2.24, 2.45) is 0 Å². The molecule has 7 nitrogen and oxygen atoms in total. The largest absolute Gasteiger partial charge is 0.334 e. The second kappa shape index (κ2) is 8.21. The van der Waals surface area contributed by atoms with Crippen molar-refractivity contribution >= 4 is 11.7 Å². The molecule has 144 valence electrons. The number of benzene rings is 1. The highest BCUT2D eigenvalue weighted by Gasteiger charge is 2.28. The molecule has 0 radical (unpaired) electrons. The van der Waals surface area contributed by atoms with E-state index in [2.05, 4.69) is 20.4 Å². The van der Waals surface area contributed by atoms with Gasteiger partial charge >= 0.3 is 6.03 Å². The first-order valence-corrected chi connectivity index (χ1v) is 9.65. The molecule has 1 aliphatic heterocycles. The van der Waals surface area contributed by atoms with Crippen LogP contribution in [0.1, 0.15) is 43.6 Å². The molecule has 4 rings (SSSR count). The first-order valence-electron chi connectivity index (χ1n) is 9.65. The molecule has 1 N–H and O–H groups in total. The van der Waals surface area contributed by atoms with E-state index in [-0.39, 0.29) is 12.1 Å². The maximum atomic E-state index is 12.9. The zero-order valence-electron chi connectivity index (χ0n) is 15.8. The number of amides is 2. The molecule has 2 aromatic heterocycles. The van der Waals surface area contributed by atoms with E-state index >= 15 is 0 Å². The molecule has 28 heavy (non-hydrogen) atoms. The van der Waals surface area contributed by atoms with Gasteiger partial charge in [0, 0.05) is 36.6 Å². The van der Waals surface area contributed by atoms with Crippen molar-refractivity contribution in [1.29, 1.82) is 0 Å². The third-order valence-electron chi connectivity index (χ3n) is 5.00. The maximum absolute atomic E-state index is 12.9. The molecule has 3 aromatic rings. The van der Waals surface area contributed by atoms with Gasteiger partial charge in [-0.15, -0.1) is 0 Å². The summed E-state index contributed by atoms with van der Waals surface area (Å²) in [5, 5.41) is 6.92. The molecule has 1 aliphatic rings. The number of likely N-dealkylation sites (tertiary alicyclic amines) is 1. The Morgan fingerprint density at radius 2 is 2.11 bits per heavy atom. The first kappa shape index (κ1) is 18.2. The fourth-order valence-electron chi connectivity index (χ4n) is 3.50. The number of pyridine rings is 1. The highest BCUT2D eigenvalue weighted by Crippen LogP contribution is 2.31. The van der Waals surface area contributed by atoms with Gasteiger partial charge in [-0.05, 0) is 55.2 Å². The van der Waals surface area contributed by atoms with Crippen molar-refractivity contribution in [3.63, 3.8) is 0 Å². The summed E-state index contributed by atoms with van der Waals surface area (Å²) in [6, 6.07) is 11.4. The number of carbonyl (C=O) groups excluding carboxylic acids is 1. The molecule has 1 aromatic carbocycles. The average Bonchev–Trinajstić information content (AvgIpc) is 3.24. The number of hydrogen-bond acceptors (Lipinski definition) is 5. The second-order valence-corrected chi connectivity index (χ2v) is 6.87. The van der Waals surface area contributed by atoms with Gasteiger partial charge in [0.25, 0.3) is 5.89 Å². The van der Waals surface area contributed by atoms with Gasteiger partial charge in [0.15, 0.2) is 5.82 Å². The third-order valence-corrected chi connectivity index (χ3v) is 5.00. The summed E-state index contributed by atoms with van der Waals surface area (Å²) in [5.74, 6) is 1.17. The molecular formula is C21H23N5O2. The smallest absolute Gasteiger partial charge is 0.322 e. The lowest BCUT2D eigenvalue weighted by atomic mass is 9.97. The number of piperidine rings is 1. The average molecular weight is 377 g/mol. The fourth-order valence-corrected chi connectivity index (χ4v) is 3.50. The summed E-state index contributed by atoms with van der Waals surface area (Å²) < 4.78 is 5.26. The summed E-state index contributed by atoms with van der Waals surface area (Å²) >= 11 is 0. The van der Waals surface area contributed by atoms with Crippen molar-refractivity contribution in [2.75, 3.05) is 11.9 Å². The van der Waals surface area contributed by atoms with Crippen LogP contribution in [0.25, 0.3) is 11.5 Å². The van der Waals surface area contributed by atoms with Crippen LogP contribution >= 0.6 is 0 Å². The predicted octanol–water partition coefficient (Wildman–Crippen LogP) is 4.45. The van der Waals surface area contributed by atoms with Crippen LogP contribution in [0.15, 0.2) is 53.3 Å². The lowest BCUT2D eigenvalue weighted by Gasteiger charge is -2.35. The monoisotopic (exact) mass is 377 g/mol. The van der Waals surface area contributed by atoms with Gasteiger partial charge in [-0.25, -0.2) is 4.79 Å².